The van der Waals surface area contributed by atoms with Gasteiger partial charge in [0.05, 0.1) is 12.2 Å². The summed E-state index contributed by atoms with van der Waals surface area (Å²) < 4.78 is 19.2. The molecule has 1 aromatic rings. The molecule has 88 valence electrons. The summed E-state index contributed by atoms with van der Waals surface area (Å²) in [5.74, 6) is -0.185. The van der Waals surface area contributed by atoms with Crippen LogP contribution in [0.1, 0.15) is 25.3 Å². The molecule has 2 rings (SSSR count). The van der Waals surface area contributed by atoms with Crippen LogP contribution in [0, 0.1) is 5.82 Å². The van der Waals surface area contributed by atoms with Gasteiger partial charge in [0, 0.05) is 12.1 Å². The Kier molecular flexibility index (Phi) is 3.56. The van der Waals surface area contributed by atoms with Gasteiger partial charge in [-0.1, -0.05) is 18.2 Å². The van der Waals surface area contributed by atoms with E-state index in [-0.39, 0.29) is 11.4 Å². The molecule has 1 N–H and O–H groups in total. The van der Waals surface area contributed by atoms with Gasteiger partial charge in [-0.15, -0.1) is 0 Å². The minimum atomic E-state index is -0.185. The van der Waals surface area contributed by atoms with Crippen LogP contribution in [-0.2, 0) is 11.3 Å². The Morgan fingerprint density at radius 3 is 2.94 bits per heavy atom. The Bertz CT molecular complexity index is 348. The molecule has 1 aliphatic heterocycles. The van der Waals surface area contributed by atoms with Crippen molar-refractivity contribution in [1.29, 1.82) is 0 Å². The first kappa shape index (κ1) is 11.6. The first-order valence-electron chi connectivity index (χ1n) is 5.78. The number of rotatable bonds is 3. The quantitative estimate of drug-likeness (QED) is 0.850. The predicted octanol–water partition coefficient (Wildman–Crippen LogP) is 2.48. The number of benzene rings is 1. The van der Waals surface area contributed by atoms with E-state index in [1.54, 1.807) is 12.1 Å². The molecule has 0 saturated carbocycles. The van der Waals surface area contributed by atoms with Crippen LogP contribution >= 0.6 is 0 Å². The van der Waals surface area contributed by atoms with E-state index in [0.717, 1.165) is 25.9 Å². The zero-order valence-corrected chi connectivity index (χ0v) is 9.63. The molecule has 0 radical (unpaired) electrons. The lowest BCUT2D eigenvalue weighted by Gasteiger charge is -2.34. The van der Waals surface area contributed by atoms with Gasteiger partial charge in [-0.05, 0) is 32.4 Å². The minimum absolute atomic E-state index is 0.152. The predicted molar refractivity (Wildman–Crippen MR) is 61.7 cm³/mol. The molecule has 2 nitrogen and oxygen atoms in total. The van der Waals surface area contributed by atoms with Gasteiger partial charge < -0.3 is 10.1 Å². The highest BCUT2D eigenvalue weighted by Gasteiger charge is 2.27. The SMILES string of the molecule is CC1(OCc2ccccc2F)CCCNC1. The molecule has 1 unspecified atom stereocenters. The van der Waals surface area contributed by atoms with Gasteiger partial charge in [0.1, 0.15) is 5.82 Å². The van der Waals surface area contributed by atoms with Gasteiger partial charge in [0.2, 0.25) is 0 Å². The zero-order chi connectivity index (χ0) is 11.4. The topological polar surface area (TPSA) is 21.3 Å². The van der Waals surface area contributed by atoms with Crippen molar-refractivity contribution in [3.05, 3.63) is 35.6 Å². The minimum Gasteiger partial charge on any atom is -0.369 e. The summed E-state index contributed by atoms with van der Waals surface area (Å²) >= 11 is 0. The van der Waals surface area contributed by atoms with Gasteiger partial charge in [-0.25, -0.2) is 4.39 Å². The monoisotopic (exact) mass is 223 g/mol. The van der Waals surface area contributed by atoms with Gasteiger partial charge in [-0.3, -0.25) is 0 Å². The molecule has 0 aromatic heterocycles. The number of hydrogen-bond donors (Lipinski definition) is 1. The lowest BCUT2D eigenvalue weighted by atomic mass is 9.96. The molecule has 1 atom stereocenters. The average Bonchev–Trinajstić information content (AvgIpc) is 2.29. The molecule has 0 aliphatic carbocycles. The second-order valence-electron chi connectivity index (χ2n) is 4.61. The second kappa shape index (κ2) is 4.93. The third-order valence-electron chi connectivity index (χ3n) is 3.09. The molecule has 16 heavy (non-hydrogen) atoms. The Morgan fingerprint density at radius 2 is 2.25 bits per heavy atom. The summed E-state index contributed by atoms with van der Waals surface area (Å²) in [6.07, 6.45) is 2.15. The number of ether oxygens (including phenoxy) is 1. The summed E-state index contributed by atoms with van der Waals surface area (Å²) in [4.78, 5) is 0. The van der Waals surface area contributed by atoms with Crippen molar-refractivity contribution in [2.75, 3.05) is 13.1 Å². The van der Waals surface area contributed by atoms with E-state index in [0.29, 0.717) is 12.2 Å². The Hall–Kier alpha value is -0.930. The molecule has 1 fully saturated rings. The molecular formula is C13H18FNO. The van der Waals surface area contributed by atoms with Gasteiger partial charge >= 0.3 is 0 Å². The zero-order valence-electron chi connectivity index (χ0n) is 9.63. The van der Waals surface area contributed by atoms with Crippen molar-refractivity contribution >= 4 is 0 Å². The fraction of sp³-hybridized carbons (Fsp3) is 0.538. The normalized spacial score (nSPS) is 25.6. The van der Waals surface area contributed by atoms with E-state index in [1.807, 2.05) is 6.07 Å². The Labute approximate surface area is 95.8 Å². The van der Waals surface area contributed by atoms with E-state index in [4.69, 9.17) is 4.74 Å². The Morgan fingerprint density at radius 1 is 1.44 bits per heavy atom. The van der Waals surface area contributed by atoms with Crippen LogP contribution in [0.4, 0.5) is 4.39 Å². The van der Waals surface area contributed by atoms with Crippen LogP contribution in [0.3, 0.4) is 0 Å². The molecule has 0 bridgehead atoms. The lowest BCUT2D eigenvalue weighted by Crippen LogP contribution is -2.45. The summed E-state index contributed by atoms with van der Waals surface area (Å²) in [6, 6.07) is 6.78. The van der Waals surface area contributed by atoms with Crippen LogP contribution in [-0.4, -0.2) is 18.7 Å². The number of halogens is 1. The highest BCUT2D eigenvalue weighted by atomic mass is 19.1. The molecule has 1 heterocycles. The fourth-order valence-electron chi connectivity index (χ4n) is 2.02. The highest BCUT2D eigenvalue weighted by Crippen LogP contribution is 2.22. The van der Waals surface area contributed by atoms with Crippen molar-refractivity contribution in [1.82, 2.24) is 5.32 Å². The van der Waals surface area contributed by atoms with E-state index < -0.39 is 0 Å². The third kappa shape index (κ3) is 2.80. The van der Waals surface area contributed by atoms with Crippen LogP contribution in [0.25, 0.3) is 0 Å². The summed E-state index contributed by atoms with van der Waals surface area (Å²) in [5, 5.41) is 3.31. The summed E-state index contributed by atoms with van der Waals surface area (Å²) in [5.41, 5.74) is 0.481. The van der Waals surface area contributed by atoms with Crippen LogP contribution < -0.4 is 5.32 Å². The lowest BCUT2D eigenvalue weighted by molar-refractivity contribution is -0.0580. The molecule has 0 amide bonds. The number of piperidine rings is 1. The summed E-state index contributed by atoms with van der Waals surface area (Å²) in [7, 11) is 0. The first-order chi connectivity index (χ1) is 7.70. The van der Waals surface area contributed by atoms with Crippen LogP contribution in [0.5, 0.6) is 0 Å². The maximum absolute atomic E-state index is 13.4. The molecule has 1 saturated heterocycles. The maximum atomic E-state index is 13.4. The maximum Gasteiger partial charge on any atom is 0.128 e. The van der Waals surface area contributed by atoms with Crippen LogP contribution in [0.15, 0.2) is 24.3 Å². The highest BCUT2D eigenvalue weighted by molar-refractivity contribution is 5.16. The molecular weight excluding hydrogens is 205 g/mol. The van der Waals surface area contributed by atoms with Crippen molar-refractivity contribution in [2.45, 2.75) is 32.0 Å². The van der Waals surface area contributed by atoms with E-state index in [1.165, 1.54) is 6.07 Å². The first-order valence-corrected chi connectivity index (χ1v) is 5.78. The van der Waals surface area contributed by atoms with Crippen molar-refractivity contribution in [2.24, 2.45) is 0 Å². The van der Waals surface area contributed by atoms with E-state index in [9.17, 15) is 4.39 Å². The largest absolute Gasteiger partial charge is 0.369 e. The third-order valence-corrected chi connectivity index (χ3v) is 3.09. The molecule has 3 heteroatoms. The van der Waals surface area contributed by atoms with Gasteiger partial charge in [0.25, 0.3) is 0 Å². The fourth-order valence-corrected chi connectivity index (χ4v) is 2.02. The van der Waals surface area contributed by atoms with E-state index in [2.05, 4.69) is 12.2 Å². The number of hydrogen-bond acceptors (Lipinski definition) is 2. The molecule has 1 aromatic carbocycles. The second-order valence-corrected chi connectivity index (χ2v) is 4.61. The Balaban J connectivity index is 1.94. The van der Waals surface area contributed by atoms with Crippen LogP contribution in [0.2, 0.25) is 0 Å². The number of nitrogens with one attached hydrogen (secondary N) is 1. The van der Waals surface area contributed by atoms with Crippen molar-refractivity contribution < 1.29 is 9.13 Å². The average molecular weight is 223 g/mol. The molecule has 1 aliphatic rings. The molecule has 0 spiro atoms. The van der Waals surface area contributed by atoms with Gasteiger partial charge in [0.15, 0.2) is 0 Å². The summed E-state index contributed by atoms with van der Waals surface area (Å²) in [6.45, 7) is 4.34. The standard InChI is InChI=1S/C13H18FNO/c1-13(7-4-8-15-10-13)16-9-11-5-2-3-6-12(11)14/h2-3,5-6,15H,4,7-10H2,1H3. The van der Waals surface area contributed by atoms with Crippen molar-refractivity contribution in [3.63, 3.8) is 0 Å². The van der Waals surface area contributed by atoms with Crippen molar-refractivity contribution in [3.8, 4) is 0 Å². The smallest absolute Gasteiger partial charge is 0.128 e. The van der Waals surface area contributed by atoms with Gasteiger partial charge in [-0.2, -0.15) is 0 Å². The van der Waals surface area contributed by atoms with E-state index >= 15 is 0 Å².